The Morgan fingerprint density at radius 3 is 2.62 bits per heavy atom. The van der Waals surface area contributed by atoms with Crippen molar-refractivity contribution in [1.29, 1.82) is 0 Å². The molecule has 108 valence electrons. The van der Waals surface area contributed by atoms with Crippen LogP contribution in [0.15, 0.2) is 36.4 Å². The molecule has 6 nitrogen and oxygen atoms in total. The normalized spacial score (nSPS) is 10.2. The molecule has 21 heavy (non-hydrogen) atoms. The summed E-state index contributed by atoms with van der Waals surface area (Å²) in [5, 5.41) is 22.5. The predicted octanol–water partition coefficient (Wildman–Crippen LogP) is 3.48. The highest BCUT2D eigenvalue weighted by Gasteiger charge is 2.17. The second kappa shape index (κ2) is 5.58. The summed E-state index contributed by atoms with van der Waals surface area (Å²) >= 11 is 0. The van der Waals surface area contributed by atoms with Crippen LogP contribution in [0.2, 0.25) is 0 Å². The topological polar surface area (TPSA) is 92.5 Å². The number of carbonyl (C=O) groups is 1. The fraction of sp³-hybridized carbons (Fsp3) is 0.0714. The standard InChI is InChI=1S/C14H11FN2O4/c1-8-3-2-4-12(13(8)17(20)21)16-9-5-6-10(14(18)19)11(15)7-9/h2-7,16H,1H3,(H,18,19). The Morgan fingerprint density at radius 1 is 1.33 bits per heavy atom. The molecule has 0 aromatic heterocycles. The van der Waals surface area contributed by atoms with Crippen LogP contribution in [0.4, 0.5) is 21.5 Å². The molecular weight excluding hydrogens is 279 g/mol. The van der Waals surface area contributed by atoms with Gasteiger partial charge in [0.15, 0.2) is 0 Å². The molecule has 0 aliphatic carbocycles. The second-order valence-electron chi connectivity index (χ2n) is 4.35. The van der Waals surface area contributed by atoms with Crippen LogP contribution >= 0.6 is 0 Å². The zero-order valence-electron chi connectivity index (χ0n) is 11.0. The molecule has 0 spiro atoms. The van der Waals surface area contributed by atoms with Crippen LogP contribution in [0, 0.1) is 22.9 Å². The number of nitrogens with one attached hydrogen (secondary N) is 1. The van der Waals surface area contributed by atoms with Crippen molar-refractivity contribution in [3.63, 3.8) is 0 Å². The van der Waals surface area contributed by atoms with E-state index in [2.05, 4.69) is 5.32 Å². The van der Waals surface area contributed by atoms with Crippen molar-refractivity contribution in [1.82, 2.24) is 0 Å². The number of nitrogens with zero attached hydrogens (tertiary/aromatic N) is 1. The van der Waals surface area contributed by atoms with Gasteiger partial charge >= 0.3 is 5.97 Å². The highest BCUT2D eigenvalue weighted by Crippen LogP contribution is 2.30. The van der Waals surface area contributed by atoms with E-state index in [1.54, 1.807) is 19.1 Å². The molecule has 2 rings (SSSR count). The predicted molar refractivity (Wildman–Crippen MR) is 74.5 cm³/mol. The van der Waals surface area contributed by atoms with E-state index in [0.29, 0.717) is 5.56 Å². The van der Waals surface area contributed by atoms with Crippen LogP contribution < -0.4 is 5.32 Å². The minimum Gasteiger partial charge on any atom is -0.478 e. The first-order chi connectivity index (χ1) is 9.90. The number of nitro groups is 1. The molecule has 0 bridgehead atoms. The number of para-hydroxylation sites is 1. The van der Waals surface area contributed by atoms with Gasteiger partial charge in [0.05, 0.1) is 10.5 Å². The summed E-state index contributed by atoms with van der Waals surface area (Å²) in [6.45, 7) is 1.59. The third-order valence-corrected chi connectivity index (χ3v) is 2.90. The Labute approximate surface area is 119 Å². The van der Waals surface area contributed by atoms with Gasteiger partial charge in [-0.2, -0.15) is 0 Å². The van der Waals surface area contributed by atoms with Crippen molar-refractivity contribution >= 4 is 23.0 Å². The van der Waals surface area contributed by atoms with Gasteiger partial charge in [0, 0.05) is 11.3 Å². The lowest BCUT2D eigenvalue weighted by Crippen LogP contribution is -2.02. The molecule has 0 heterocycles. The van der Waals surface area contributed by atoms with Crippen LogP contribution in [0.1, 0.15) is 15.9 Å². The molecule has 7 heteroatoms. The number of hydrogen-bond donors (Lipinski definition) is 2. The lowest BCUT2D eigenvalue weighted by molar-refractivity contribution is -0.384. The molecular formula is C14H11FN2O4. The number of benzene rings is 2. The fourth-order valence-corrected chi connectivity index (χ4v) is 1.92. The number of nitro benzene ring substituents is 1. The summed E-state index contributed by atoms with van der Waals surface area (Å²) in [5.74, 6) is -2.29. The molecule has 0 fully saturated rings. The van der Waals surface area contributed by atoms with Gasteiger partial charge in [-0.25, -0.2) is 9.18 Å². The molecule has 0 radical (unpaired) electrons. The number of rotatable bonds is 4. The van der Waals surface area contributed by atoms with Crippen LogP contribution in [-0.4, -0.2) is 16.0 Å². The third-order valence-electron chi connectivity index (χ3n) is 2.90. The van der Waals surface area contributed by atoms with Crippen molar-refractivity contribution in [2.45, 2.75) is 6.92 Å². The van der Waals surface area contributed by atoms with Crippen LogP contribution in [-0.2, 0) is 0 Å². The molecule has 0 aliphatic rings. The number of carboxylic acid groups (broad SMARTS) is 1. The summed E-state index contributed by atoms with van der Waals surface area (Å²) in [4.78, 5) is 21.3. The molecule has 2 N–H and O–H groups in total. The largest absolute Gasteiger partial charge is 0.478 e. The smallest absolute Gasteiger partial charge is 0.338 e. The number of anilines is 2. The highest BCUT2D eigenvalue weighted by atomic mass is 19.1. The number of hydrogen-bond acceptors (Lipinski definition) is 4. The van der Waals surface area contributed by atoms with E-state index in [4.69, 9.17) is 5.11 Å². The number of aromatic carboxylic acids is 1. The summed E-state index contributed by atoms with van der Waals surface area (Å²) in [7, 11) is 0. The molecule has 2 aromatic rings. The van der Waals surface area contributed by atoms with Crippen molar-refractivity contribution in [2.75, 3.05) is 5.32 Å². The molecule has 0 amide bonds. The maximum absolute atomic E-state index is 13.6. The van der Waals surface area contributed by atoms with Crippen molar-refractivity contribution in [3.05, 3.63) is 63.5 Å². The molecule has 2 aromatic carbocycles. The minimum absolute atomic E-state index is 0.111. The van der Waals surface area contributed by atoms with Gasteiger partial charge in [-0.15, -0.1) is 0 Å². The Bertz CT molecular complexity index is 731. The van der Waals surface area contributed by atoms with Crippen molar-refractivity contribution in [3.8, 4) is 0 Å². The van der Waals surface area contributed by atoms with E-state index in [9.17, 15) is 19.3 Å². The van der Waals surface area contributed by atoms with Crippen LogP contribution in [0.25, 0.3) is 0 Å². The summed E-state index contributed by atoms with van der Waals surface area (Å²) in [6.07, 6.45) is 0. The van der Waals surface area contributed by atoms with Crippen LogP contribution in [0.3, 0.4) is 0 Å². The lowest BCUT2D eigenvalue weighted by atomic mass is 10.1. The monoisotopic (exact) mass is 290 g/mol. The van der Waals surface area contributed by atoms with Gasteiger partial charge in [-0.1, -0.05) is 12.1 Å². The summed E-state index contributed by atoms with van der Waals surface area (Å²) in [6, 6.07) is 8.15. The van der Waals surface area contributed by atoms with Gasteiger partial charge in [0.2, 0.25) is 0 Å². The first-order valence-electron chi connectivity index (χ1n) is 5.94. The molecule has 0 aliphatic heterocycles. The van der Waals surface area contributed by atoms with E-state index < -0.39 is 22.3 Å². The second-order valence-corrected chi connectivity index (χ2v) is 4.35. The Balaban J connectivity index is 2.39. The van der Waals surface area contributed by atoms with E-state index >= 15 is 0 Å². The maximum atomic E-state index is 13.6. The van der Waals surface area contributed by atoms with Gasteiger partial charge in [-0.05, 0) is 31.2 Å². The Morgan fingerprint density at radius 2 is 2.05 bits per heavy atom. The van der Waals surface area contributed by atoms with Gasteiger partial charge in [-0.3, -0.25) is 10.1 Å². The first-order valence-corrected chi connectivity index (χ1v) is 5.94. The van der Waals surface area contributed by atoms with Crippen molar-refractivity contribution < 1.29 is 19.2 Å². The SMILES string of the molecule is Cc1cccc(Nc2ccc(C(=O)O)c(F)c2)c1[N+](=O)[O-]. The lowest BCUT2D eigenvalue weighted by Gasteiger charge is -2.09. The number of carboxylic acids is 1. The first kappa shape index (κ1) is 14.4. The molecule has 0 atom stereocenters. The summed E-state index contributed by atoms with van der Waals surface area (Å²) < 4.78 is 13.6. The van der Waals surface area contributed by atoms with Crippen LogP contribution in [0.5, 0.6) is 0 Å². The Hall–Kier alpha value is -2.96. The molecule has 0 saturated heterocycles. The average molecular weight is 290 g/mol. The quantitative estimate of drug-likeness (QED) is 0.664. The van der Waals surface area contributed by atoms with E-state index in [1.807, 2.05) is 0 Å². The highest BCUT2D eigenvalue weighted by molar-refractivity contribution is 5.88. The maximum Gasteiger partial charge on any atom is 0.338 e. The zero-order valence-corrected chi connectivity index (χ0v) is 11.0. The summed E-state index contributed by atoms with van der Waals surface area (Å²) in [5.41, 5.74) is 0.334. The third kappa shape index (κ3) is 2.97. The van der Waals surface area contributed by atoms with Gasteiger partial charge in [0.1, 0.15) is 11.5 Å². The van der Waals surface area contributed by atoms with E-state index in [0.717, 1.165) is 12.1 Å². The van der Waals surface area contributed by atoms with Gasteiger partial charge in [0.25, 0.3) is 5.69 Å². The van der Waals surface area contributed by atoms with E-state index in [1.165, 1.54) is 12.1 Å². The Kier molecular flexibility index (Phi) is 3.84. The fourth-order valence-electron chi connectivity index (χ4n) is 1.92. The number of aryl methyl sites for hydroxylation is 1. The van der Waals surface area contributed by atoms with Gasteiger partial charge < -0.3 is 10.4 Å². The number of halogens is 1. The molecule has 0 unspecified atom stereocenters. The average Bonchev–Trinajstić information content (AvgIpc) is 2.37. The molecule has 0 saturated carbocycles. The minimum atomic E-state index is -1.37. The zero-order chi connectivity index (χ0) is 15.6. The van der Waals surface area contributed by atoms with Crippen molar-refractivity contribution in [2.24, 2.45) is 0 Å². The van der Waals surface area contributed by atoms with E-state index in [-0.39, 0.29) is 17.1 Å².